The largest absolute Gasteiger partial charge is 0.480 e. The molecule has 0 aromatic heterocycles. The van der Waals surface area contributed by atoms with Gasteiger partial charge in [0.1, 0.15) is 6.04 Å². The first-order valence-corrected chi connectivity index (χ1v) is 15.0. The number of hydrogen-bond donors (Lipinski definition) is 3. The molecule has 1 unspecified atom stereocenters. The third-order valence-corrected chi connectivity index (χ3v) is 6.99. The van der Waals surface area contributed by atoms with E-state index >= 15 is 0 Å². The summed E-state index contributed by atoms with van der Waals surface area (Å²) in [6.45, 7) is 3.85. The zero-order chi connectivity index (χ0) is 26.4. The van der Waals surface area contributed by atoms with Crippen molar-refractivity contribution in [3.8, 4) is 0 Å². The highest BCUT2D eigenvalue weighted by atomic mass is 31.2. The van der Waals surface area contributed by atoms with E-state index in [4.69, 9.17) is 24.6 Å². The fourth-order valence-corrected chi connectivity index (χ4v) is 4.59. The fraction of sp³-hybridized carbons (Fsp3) is 0.920. The van der Waals surface area contributed by atoms with Crippen LogP contribution in [0.25, 0.3) is 0 Å². The van der Waals surface area contributed by atoms with E-state index in [1.807, 2.05) is 0 Å². The van der Waals surface area contributed by atoms with E-state index in [0.717, 1.165) is 12.8 Å². The Morgan fingerprint density at radius 2 is 1.26 bits per heavy atom. The number of carboxylic acid groups (broad SMARTS) is 1. The molecule has 10 heteroatoms. The van der Waals surface area contributed by atoms with Crippen molar-refractivity contribution in [2.75, 3.05) is 13.2 Å². The molecule has 3 atom stereocenters. The Bertz CT molecular complexity index is 590. The van der Waals surface area contributed by atoms with Crippen molar-refractivity contribution < 1.29 is 37.9 Å². The van der Waals surface area contributed by atoms with Crippen molar-refractivity contribution in [1.82, 2.24) is 0 Å². The molecule has 0 rings (SSSR count). The smallest absolute Gasteiger partial charge is 0.472 e. The van der Waals surface area contributed by atoms with Crippen LogP contribution in [-0.2, 0) is 27.9 Å². The molecule has 0 fully saturated rings. The maximum Gasteiger partial charge on any atom is 0.472 e. The standard InChI is InChI=1S/C25H50NO8P/c1-3-4-5-6-7-8-9-10-11-12-13-14-15-17-20-32-23(27)19-16-18-21-33-35(30,31)34-22(2)24(26)25(28)29/h22,24H,3-21,26H2,1-2H3,(H,28,29)(H,30,31)/t22-,24+/m1/s1. The first-order valence-electron chi connectivity index (χ1n) is 13.5. The number of phosphoric acid groups is 1. The second kappa shape index (κ2) is 22.2. The van der Waals surface area contributed by atoms with Crippen LogP contribution in [0.15, 0.2) is 0 Å². The number of phosphoric ester groups is 1. The second-order valence-electron chi connectivity index (χ2n) is 9.25. The molecular weight excluding hydrogens is 473 g/mol. The van der Waals surface area contributed by atoms with E-state index in [9.17, 15) is 19.0 Å². The van der Waals surface area contributed by atoms with E-state index < -0.39 is 25.9 Å². The van der Waals surface area contributed by atoms with Crippen molar-refractivity contribution in [3.05, 3.63) is 0 Å². The summed E-state index contributed by atoms with van der Waals surface area (Å²) in [4.78, 5) is 32.1. The Labute approximate surface area is 212 Å². The van der Waals surface area contributed by atoms with Gasteiger partial charge in [0.25, 0.3) is 0 Å². The summed E-state index contributed by atoms with van der Waals surface area (Å²) >= 11 is 0. The first kappa shape index (κ1) is 34.0. The molecule has 35 heavy (non-hydrogen) atoms. The minimum Gasteiger partial charge on any atom is -0.480 e. The van der Waals surface area contributed by atoms with Crippen LogP contribution in [0, 0.1) is 0 Å². The maximum atomic E-state index is 11.8. The molecule has 0 heterocycles. The minimum atomic E-state index is -4.41. The minimum absolute atomic E-state index is 0.102. The van der Waals surface area contributed by atoms with Gasteiger partial charge in [-0.05, 0) is 26.2 Å². The molecule has 0 saturated carbocycles. The van der Waals surface area contributed by atoms with E-state index in [0.29, 0.717) is 19.4 Å². The highest BCUT2D eigenvalue weighted by Gasteiger charge is 2.30. The van der Waals surface area contributed by atoms with Gasteiger partial charge in [0.2, 0.25) is 0 Å². The SMILES string of the molecule is CCCCCCCCCCCCCCCCOC(=O)CCCCOP(=O)(O)O[C@H](C)[C@H](N)C(=O)O. The molecular formula is C25H50NO8P. The predicted molar refractivity (Wildman–Crippen MR) is 137 cm³/mol. The van der Waals surface area contributed by atoms with Gasteiger partial charge in [-0.25, -0.2) is 4.57 Å². The van der Waals surface area contributed by atoms with Crippen LogP contribution in [0.5, 0.6) is 0 Å². The van der Waals surface area contributed by atoms with Crippen molar-refractivity contribution in [1.29, 1.82) is 0 Å². The number of aliphatic carboxylic acids is 1. The fourth-order valence-electron chi connectivity index (χ4n) is 3.61. The molecule has 4 N–H and O–H groups in total. The second-order valence-corrected chi connectivity index (χ2v) is 10.7. The van der Waals surface area contributed by atoms with E-state index in [2.05, 4.69) is 6.92 Å². The Morgan fingerprint density at radius 3 is 1.74 bits per heavy atom. The Balaban J connectivity index is 3.49. The molecule has 9 nitrogen and oxygen atoms in total. The average Bonchev–Trinajstić information content (AvgIpc) is 2.80. The van der Waals surface area contributed by atoms with Crippen molar-refractivity contribution >= 4 is 19.8 Å². The van der Waals surface area contributed by atoms with Crippen molar-refractivity contribution in [3.63, 3.8) is 0 Å². The number of rotatable bonds is 25. The summed E-state index contributed by atoms with van der Waals surface area (Å²) in [5, 5.41) is 8.77. The Hall–Kier alpha value is -0.990. The van der Waals surface area contributed by atoms with Gasteiger partial charge in [-0.3, -0.25) is 18.6 Å². The summed E-state index contributed by atoms with van der Waals surface area (Å²) in [5.41, 5.74) is 5.33. The van der Waals surface area contributed by atoms with E-state index in [-0.39, 0.29) is 19.0 Å². The lowest BCUT2D eigenvalue weighted by molar-refractivity contribution is -0.144. The molecule has 0 aromatic carbocycles. The van der Waals surface area contributed by atoms with Gasteiger partial charge in [-0.2, -0.15) is 0 Å². The van der Waals surface area contributed by atoms with Gasteiger partial charge < -0.3 is 20.5 Å². The maximum absolute atomic E-state index is 11.8. The Kier molecular flexibility index (Phi) is 21.6. The van der Waals surface area contributed by atoms with Crippen molar-refractivity contribution in [2.24, 2.45) is 5.73 Å². The zero-order valence-electron chi connectivity index (χ0n) is 22.0. The third kappa shape index (κ3) is 22.0. The molecule has 0 bridgehead atoms. The lowest BCUT2D eigenvalue weighted by Crippen LogP contribution is -2.41. The van der Waals surface area contributed by atoms with Crippen LogP contribution in [0.1, 0.15) is 123 Å². The number of unbranched alkanes of at least 4 members (excludes halogenated alkanes) is 14. The van der Waals surface area contributed by atoms with Gasteiger partial charge >= 0.3 is 19.8 Å². The molecule has 0 spiro atoms. The molecule has 0 aliphatic carbocycles. The predicted octanol–water partition coefficient (Wildman–Crippen LogP) is 6.12. The quantitative estimate of drug-likeness (QED) is 0.0732. The van der Waals surface area contributed by atoms with E-state index in [1.54, 1.807) is 0 Å². The van der Waals surface area contributed by atoms with Gasteiger partial charge in [0.05, 0.1) is 19.3 Å². The number of nitrogens with two attached hydrogens (primary N) is 1. The van der Waals surface area contributed by atoms with Crippen LogP contribution in [0.3, 0.4) is 0 Å². The van der Waals surface area contributed by atoms with Crippen LogP contribution < -0.4 is 5.73 Å². The van der Waals surface area contributed by atoms with Crippen LogP contribution in [0.4, 0.5) is 0 Å². The van der Waals surface area contributed by atoms with Gasteiger partial charge in [-0.1, -0.05) is 90.4 Å². The Morgan fingerprint density at radius 1 is 0.800 bits per heavy atom. The molecule has 0 amide bonds. The van der Waals surface area contributed by atoms with E-state index in [1.165, 1.54) is 84.0 Å². The van der Waals surface area contributed by atoms with Crippen LogP contribution >= 0.6 is 7.82 Å². The number of hydrogen-bond acceptors (Lipinski definition) is 7. The van der Waals surface area contributed by atoms with Gasteiger partial charge in [0, 0.05) is 6.42 Å². The molecule has 0 aliphatic rings. The number of carbonyl (C=O) groups excluding carboxylic acids is 1. The molecule has 0 radical (unpaired) electrons. The molecule has 0 aliphatic heterocycles. The topological polar surface area (TPSA) is 145 Å². The lowest BCUT2D eigenvalue weighted by Gasteiger charge is -2.19. The summed E-state index contributed by atoms with van der Waals surface area (Å²) in [7, 11) is -4.41. The molecule has 0 saturated heterocycles. The summed E-state index contributed by atoms with van der Waals surface area (Å²) in [6, 6.07) is -1.44. The van der Waals surface area contributed by atoms with Crippen molar-refractivity contribution in [2.45, 2.75) is 135 Å². The third-order valence-electron chi connectivity index (χ3n) is 5.88. The number of carbonyl (C=O) groups is 2. The summed E-state index contributed by atoms with van der Waals surface area (Å²) in [5.74, 6) is -1.63. The first-order chi connectivity index (χ1) is 16.7. The van der Waals surface area contributed by atoms with Crippen LogP contribution in [0.2, 0.25) is 0 Å². The highest BCUT2D eigenvalue weighted by molar-refractivity contribution is 7.47. The van der Waals surface area contributed by atoms with Gasteiger partial charge in [-0.15, -0.1) is 0 Å². The normalized spacial score (nSPS) is 14.9. The average molecular weight is 524 g/mol. The summed E-state index contributed by atoms with van der Waals surface area (Å²) < 4.78 is 26.5. The number of esters is 1. The number of ether oxygens (including phenoxy) is 1. The highest BCUT2D eigenvalue weighted by Crippen LogP contribution is 2.45. The zero-order valence-corrected chi connectivity index (χ0v) is 22.9. The monoisotopic (exact) mass is 523 g/mol. The number of carboxylic acids is 1. The molecule has 208 valence electrons. The lowest BCUT2D eigenvalue weighted by atomic mass is 10.0. The molecule has 0 aromatic rings. The van der Waals surface area contributed by atoms with Gasteiger partial charge in [0.15, 0.2) is 0 Å². The van der Waals surface area contributed by atoms with Crippen LogP contribution in [-0.4, -0.2) is 47.3 Å². The summed E-state index contributed by atoms with van der Waals surface area (Å²) in [6.07, 6.45) is 17.7.